The van der Waals surface area contributed by atoms with Crippen LogP contribution in [0.2, 0.25) is 5.15 Å². The second kappa shape index (κ2) is 44.1. The van der Waals surface area contributed by atoms with Crippen LogP contribution in [0.15, 0.2) is 203 Å². The van der Waals surface area contributed by atoms with Gasteiger partial charge in [0.05, 0.1) is 79.7 Å². The Labute approximate surface area is 774 Å². The van der Waals surface area contributed by atoms with Crippen molar-refractivity contribution in [2.45, 2.75) is 224 Å². The number of nitrogens with zero attached hydrogens (tertiary/aromatic N) is 3. The van der Waals surface area contributed by atoms with Gasteiger partial charge in [-0.1, -0.05) is 156 Å². The van der Waals surface area contributed by atoms with Gasteiger partial charge in [-0.25, -0.2) is 29.3 Å². The van der Waals surface area contributed by atoms with E-state index in [2.05, 4.69) is 214 Å². The maximum absolute atomic E-state index is 12.2. The number of terminal acetylenes is 1. The Balaban J connectivity index is 0.000000167. The topological polar surface area (TPSA) is 206 Å². The second-order valence-corrected chi connectivity index (χ2v) is 45.3. The lowest BCUT2D eigenvalue weighted by Crippen LogP contribution is -2.27. The van der Waals surface area contributed by atoms with E-state index in [9.17, 15) is 36.3 Å². The number of aromatic nitrogens is 3. The van der Waals surface area contributed by atoms with Crippen LogP contribution in [0.5, 0.6) is 0 Å². The molecule has 6 aliphatic rings. The number of hydrogen-bond acceptors (Lipinski definition) is 16. The molecule has 0 spiro atoms. The first kappa shape index (κ1) is 99.7. The van der Waals surface area contributed by atoms with Gasteiger partial charge in [-0.15, -0.1) is 29.9 Å². The number of benzene rings is 6. The fraction of sp³-hybridized carbons (Fsp3) is 0.386. The van der Waals surface area contributed by atoms with E-state index in [1.807, 2.05) is 90.3 Å². The highest BCUT2D eigenvalue weighted by molar-refractivity contribution is 9.10. The summed E-state index contributed by atoms with van der Waals surface area (Å²) in [4.78, 5) is 53.2. The lowest BCUT2D eigenvalue weighted by molar-refractivity contribution is 0.0516. The number of esters is 3. The number of hydrogen-bond donors (Lipinski definition) is 1. The molecule has 0 saturated carbocycles. The molecule has 15 rings (SSSR count). The molecule has 6 aromatic carbocycles. The van der Waals surface area contributed by atoms with Gasteiger partial charge in [0, 0.05) is 102 Å². The summed E-state index contributed by atoms with van der Waals surface area (Å²) >= 11 is 16.4. The summed E-state index contributed by atoms with van der Waals surface area (Å²) in [6.07, 6.45) is 16.0. The number of carbonyl (C=O) groups excluding carboxylic acids is 3. The molecule has 652 valence electrons. The standard InChI is InChI=1S/C21H21NO3S.C21H21NO2S.C16H20O2S.C13H14OS.C11H13BrOS.C11H13BrS.C8H8ClNO2/c1-4-25-20(23)16-7-9-17(22-14-16)8-5-15-6-10-19-18(13-15)21(2,3)11-12-26(19)24;1-4-24-20(23)16-7-9-17(22-14-16)8-5-15-6-10-19-18(13-15)21(2,3)11-12-25-19;1-15(2)9-10-19(18)14-6-5-12(11-13(14)15)7-8-16(3,4)17;1-4-10-5-6-12-11(9-10)13(2,3)7-8-15(12)14;1-11(2)5-6-14(13)10-4-3-8(12)7-9(10)11;1-11(2)5-6-13-10-4-3-8(12)7-9(10)11;1-2-12-8(11)6-3-4-7(9)10-5-6/h6-7,9-10,13-14H,4,11-12H2,1-3H3;6-7,9-10,13-14H,4,11-12H2,1-3H3;5-6,11,17H,9-10H2,1-4H3;1,5-6,9H,7-8H2,2-3H3;3-4,7H,5-6H2,1-2H3;3-4,7H,5-6H2,1-2H3;3-5H,2H2,1H3. The van der Waals surface area contributed by atoms with E-state index < -0.39 is 48.8 Å². The van der Waals surface area contributed by atoms with Crippen molar-refractivity contribution in [1.29, 1.82) is 0 Å². The molecule has 0 aliphatic carbocycles. The fourth-order valence-corrected chi connectivity index (χ4v) is 24.6. The summed E-state index contributed by atoms with van der Waals surface area (Å²) < 4.78 is 64.8. The van der Waals surface area contributed by atoms with Crippen LogP contribution < -0.4 is 0 Å². The number of ether oxygens (including phenoxy) is 3. The predicted molar refractivity (Wildman–Crippen MR) is 515 cm³/mol. The van der Waals surface area contributed by atoms with Gasteiger partial charge in [-0.3, -0.25) is 16.8 Å². The summed E-state index contributed by atoms with van der Waals surface area (Å²) in [6, 6.07) is 46.5. The van der Waals surface area contributed by atoms with E-state index in [-0.39, 0.29) is 45.0 Å². The van der Waals surface area contributed by atoms with Crippen molar-refractivity contribution < 1.29 is 50.5 Å². The zero-order chi connectivity index (χ0) is 90.7. The van der Waals surface area contributed by atoms with Crippen molar-refractivity contribution in [2.24, 2.45) is 0 Å². The van der Waals surface area contributed by atoms with Crippen LogP contribution in [0.3, 0.4) is 0 Å². The molecule has 0 radical (unpaired) electrons. The molecule has 0 saturated heterocycles. The minimum absolute atomic E-state index is 0.000467. The van der Waals surface area contributed by atoms with E-state index in [0.29, 0.717) is 64.2 Å². The normalized spacial score (nSPS) is 18.4. The first-order chi connectivity index (χ1) is 58.5. The first-order valence-electron chi connectivity index (χ1n) is 41.3. The third kappa shape index (κ3) is 27.7. The molecule has 4 atom stereocenters. The molecule has 9 aromatic rings. The number of carbonyl (C=O) groups is 3. The predicted octanol–water partition coefficient (Wildman–Crippen LogP) is 22.3. The average molecular weight is 1930 g/mol. The van der Waals surface area contributed by atoms with Gasteiger partial charge in [0.25, 0.3) is 0 Å². The maximum Gasteiger partial charge on any atom is 0.339 e. The molecule has 0 fully saturated rings. The molecule has 0 bridgehead atoms. The maximum atomic E-state index is 12.2. The molecule has 4 unspecified atom stereocenters. The zero-order valence-corrected chi connectivity index (χ0v) is 82.6. The van der Waals surface area contributed by atoms with Crippen molar-refractivity contribution in [3.8, 4) is 47.9 Å². The molecule has 9 heterocycles. The van der Waals surface area contributed by atoms with Gasteiger partial charge in [0.1, 0.15) is 22.1 Å². The lowest BCUT2D eigenvalue weighted by atomic mass is 9.81. The fourth-order valence-electron chi connectivity index (χ4n) is 14.0. The van der Waals surface area contributed by atoms with Crippen LogP contribution >= 0.6 is 67.0 Å². The molecule has 0 amide bonds. The Morgan fingerprint density at radius 1 is 0.419 bits per heavy atom. The van der Waals surface area contributed by atoms with E-state index in [4.69, 9.17) is 32.2 Å². The molecule has 1 N–H and O–H groups in total. The molecule has 3 aromatic heterocycles. The Bertz CT molecular complexity index is 5740. The first-order valence-corrected chi connectivity index (χ1v) is 50.5. The van der Waals surface area contributed by atoms with Crippen molar-refractivity contribution in [1.82, 2.24) is 15.0 Å². The van der Waals surface area contributed by atoms with Crippen LogP contribution in [-0.4, -0.2) is 115 Å². The Kier molecular flexibility index (Phi) is 35.5. The minimum Gasteiger partial charge on any atom is -0.462 e. The van der Waals surface area contributed by atoms with Crippen LogP contribution in [-0.2, 0) is 89.9 Å². The summed E-state index contributed by atoms with van der Waals surface area (Å²) in [5.74, 6) is 25.1. The van der Waals surface area contributed by atoms with Gasteiger partial charge >= 0.3 is 17.9 Å². The monoisotopic (exact) mass is 1930 g/mol. The van der Waals surface area contributed by atoms with E-state index in [0.717, 1.165) is 106 Å². The van der Waals surface area contributed by atoms with Gasteiger partial charge in [0.15, 0.2) is 0 Å². The van der Waals surface area contributed by atoms with Gasteiger partial charge in [-0.2, -0.15) is 0 Å². The highest BCUT2D eigenvalue weighted by Crippen LogP contribution is 2.45. The molecular weight excluding hydrogens is 1820 g/mol. The molecular formula is C101H110Br2ClN3O11S6. The molecule has 124 heavy (non-hydrogen) atoms. The van der Waals surface area contributed by atoms with Gasteiger partial charge in [0.2, 0.25) is 0 Å². The van der Waals surface area contributed by atoms with Gasteiger partial charge in [-0.05, 0) is 308 Å². The van der Waals surface area contributed by atoms with Crippen LogP contribution in [0.1, 0.15) is 254 Å². The van der Waals surface area contributed by atoms with E-state index >= 15 is 0 Å². The molecule has 14 nitrogen and oxygen atoms in total. The lowest BCUT2D eigenvalue weighted by Gasteiger charge is -2.32. The highest BCUT2D eigenvalue weighted by Gasteiger charge is 2.36. The number of pyridine rings is 3. The summed E-state index contributed by atoms with van der Waals surface area (Å²) in [6.45, 7) is 36.4. The van der Waals surface area contributed by atoms with Gasteiger partial charge < -0.3 is 19.3 Å². The largest absolute Gasteiger partial charge is 0.462 e. The Hall–Kier alpha value is -8.07. The number of thioether (sulfide) groups is 2. The van der Waals surface area contributed by atoms with Crippen molar-refractivity contribution >= 4 is 128 Å². The highest BCUT2D eigenvalue weighted by atomic mass is 79.9. The van der Waals surface area contributed by atoms with Crippen LogP contribution in [0.25, 0.3) is 0 Å². The number of aliphatic hydroxyl groups is 1. The summed E-state index contributed by atoms with van der Waals surface area (Å²) in [5.41, 5.74) is 13.4. The summed E-state index contributed by atoms with van der Waals surface area (Å²) in [5, 5.41) is 10.0. The number of halogens is 3. The molecule has 6 aliphatic heterocycles. The van der Waals surface area contributed by atoms with Crippen molar-refractivity contribution in [2.75, 3.05) is 54.3 Å². The summed E-state index contributed by atoms with van der Waals surface area (Å²) in [7, 11) is -3.44. The smallest absolute Gasteiger partial charge is 0.339 e. The van der Waals surface area contributed by atoms with Crippen LogP contribution in [0.4, 0.5) is 0 Å². The van der Waals surface area contributed by atoms with E-state index in [1.165, 1.54) is 73.9 Å². The zero-order valence-electron chi connectivity index (χ0n) is 73.7. The van der Waals surface area contributed by atoms with Crippen molar-refractivity contribution in [3.63, 3.8) is 0 Å². The SMILES string of the molecule is C#Cc1ccc2c(c1)C(C)(C)CCS2=O.CC(C)(O)C#Cc1ccc2c(c1)C(C)(C)CCS2=O.CC1(C)CCS(=O)c2ccc(Br)cc21.CC1(C)CCSc2ccc(Br)cc21.CCOC(=O)c1ccc(C#Cc2ccc3c(c2)C(C)(C)CCS3)nc1.CCOC(=O)c1ccc(C#Cc2ccc3c(c2)C(C)(C)CCS3=O)nc1.CCOC(=O)c1ccc(Cl)nc1. The second-order valence-electron chi connectivity index (χ2n) is 34.7. The van der Waals surface area contributed by atoms with Crippen molar-refractivity contribution in [3.05, 3.63) is 262 Å². The average Bonchev–Trinajstić information content (AvgIpc) is 0.795. The quantitative estimate of drug-likeness (QED) is 0.0711. The molecule has 23 heteroatoms. The number of fused-ring (bicyclic) bond motifs is 6. The van der Waals surface area contributed by atoms with Crippen LogP contribution in [0, 0.1) is 47.9 Å². The Morgan fingerprint density at radius 3 is 1.09 bits per heavy atom. The third-order valence-corrected chi connectivity index (χ3v) is 31.0. The third-order valence-electron chi connectivity index (χ3n) is 21.9. The number of rotatable bonds is 6. The minimum atomic E-state index is -0.992. The van der Waals surface area contributed by atoms with E-state index in [1.54, 1.807) is 71.0 Å². The Morgan fingerprint density at radius 2 is 0.726 bits per heavy atom.